The summed E-state index contributed by atoms with van der Waals surface area (Å²) in [6.07, 6.45) is 3.50. The van der Waals surface area contributed by atoms with Gasteiger partial charge in [0.1, 0.15) is 21.8 Å². The third-order valence-corrected chi connectivity index (χ3v) is 6.28. The van der Waals surface area contributed by atoms with Crippen LogP contribution < -0.4 is 19.7 Å². The predicted molar refractivity (Wildman–Crippen MR) is 116 cm³/mol. The maximum Gasteiger partial charge on any atom is 0.229 e. The van der Waals surface area contributed by atoms with E-state index < -0.39 is 0 Å². The fourth-order valence-electron chi connectivity index (χ4n) is 3.45. The Labute approximate surface area is 177 Å². The van der Waals surface area contributed by atoms with Gasteiger partial charge in [-0.15, -0.1) is 0 Å². The lowest BCUT2D eigenvalue weighted by molar-refractivity contribution is -0.120. The normalized spacial score (nSPS) is 16.7. The molecule has 9 heteroatoms. The number of hydrogen-bond donors (Lipinski definition) is 1. The molecule has 7 nitrogen and oxygen atoms in total. The predicted octanol–water partition coefficient (Wildman–Crippen LogP) is 4.22. The molecule has 1 N–H and O–H groups in total. The maximum absolute atomic E-state index is 13.0. The SMILES string of the molecule is COc1cc(OC)c(NC(=O)C2CCCN(c3nc4cccnc4s3)C2)cc1Cl. The molecule has 0 saturated carbocycles. The van der Waals surface area contributed by atoms with Crippen molar-refractivity contribution in [3.8, 4) is 11.5 Å². The van der Waals surface area contributed by atoms with Gasteiger partial charge < -0.3 is 19.7 Å². The van der Waals surface area contributed by atoms with Gasteiger partial charge in [-0.05, 0) is 31.0 Å². The first-order valence-electron chi connectivity index (χ1n) is 9.28. The van der Waals surface area contributed by atoms with E-state index in [-0.39, 0.29) is 11.8 Å². The van der Waals surface area contributed by atoms with Crippen molar-refractivity contribution in [3.05, 3.63) is 35.5 Å². The van der Waals surface area contributed by atoms with Gasteiger partial charge in [0, 0.05) is 25.4 Å². The molecule has 1 fully saturated rings. The third-order valence-electron chi connectivity index (χ3n) is 4.95. The molecule has 1 amide bonds. The van der Waals surface area contributed by atoms with E-state index >= 15 is 0 Å². The van der Waals surface area contributed by atoms with E-state index in [2.05, 4.69) is 20.2 Å². The number of amides is 1. The van der Waals surface area contributed by atoms with Crippen LogP contribution in [0.1, 0.15) is 12.8 Å². The van der Waals surface area contributed by atoms with Crippen LogP contribution in [0.3, 0.4) is 0 Å². The number of nitrogens with one attached hydrogen (secondary N) is 1. The standard InChI is InChI=1S/C20H21ClN4O3S/c1-27-16-10-17(28-2)15(9-13(16)21)23-18(26)12-5-4-8-25(11-12)20-24-14-6-3-7-22-19(14)29-20/h3,6-7,9-10,12H,4-5,8,11H2,1-2H3,(H,23,26). The van der Waals surface area contributed by atoms with Crippen molar-refractivity contribution < 1.29 is 14.3 Å². The minimum absolute atomic E-state index is 0.0616. The van der Waals surface area contributed by atoms with Gasteiger partial charge in [0.2, 0.25) is 5.91 Å². The maximum atomic E-state index is 13.0. The summed E-state index contributed by atoms with van der Waals surface area (Å²) in [5, 5.41) is 4.28. The minimum atomic E-state index is -0.158. The van der Waals surface area contributed by atoms with Crippen LogP contribution in [-0.4, -0.2) is 43.2 Å². The average molecular weight is 433 g/mol. The van der Waals surface area contributed by atoms with E-state index in [1.165, 1.54) is 7.11 Å². The van der Waals surface area contributed by atoms with Crippen LogP contribution in [0.5, 0.6) is 11.5 Å². The van der Waals surface area contributed by atoms with Crippen LogP contribution in [0.15, 0.2) is 30.5 Å². The summed E-state index contributed by atoms with van der Waals surface area (Å²) in [7, 11) is 3.08. The number of thiazole rings is 1. The number of anilines is 2. The Morgan fingerprint density at radius 1 is 1.31 bits per heavy atom. The summed E-state index contributed by atoms with van der Waals surface area (Å²) in [6.45, 7) is 1.49. The van der Waals surface area contributed by atoms with Crippen molar-refractivity contribution >= 4 is 50.0 Å². The average Bonchev–Trinajstić information content (AvgIpc) is 3.18. The number of carbonyl (C=O) groups is 1. The van der Waals surface area contributed by atoms with Crippen LogP contribution in [-0.2, 0) is 4.79 Å². The molecule has 4 rings (SSSR count). The molecular weight excluding hydrogens is 412 g/mol. The number of benzene rings is 1. The van der Waals surface area contributed by atoms with Crippen molar-refractivity contribution in [1.29, 1.82) is 0 Å². The van der Waals surface area contributed by atoms with E-state index in [0.29, 0.717) is 28.8 Å². The van der Waals surface area contributed by atoms with Crippen molar-refractivity contribution in [2.45, 2.75) is 12.8 Å². The monoisotopic (exact) mass is 432 g/mol. The Morgan fingerprint density at radius 3 is 2.90 bits per heavy atom. The molecule has 1 saturated heterocycles. The molecule has 0 spiro atoms. The molecule has 3 heterocycles. The summed E-state index contributed by atoms with van der Waals surface area (Å²) in [6, 6.07) is 7.15. The largest absolute Gasteiger partial charge is 0.495 e. The topological polar surface area (TPSA) is 76.6 Å². The van der Waals surface area contributed by atoms with E-state index in [1.54, 1.807) is 36.8 Å². The fourth-order valence-corrected chi connectivity index (χ4v) is 4.64. The Morgan fingerprint density at radius 2 is 2.14 bits per heavy atom. The second-order valence-electron chi connectivity index (χ2n) is 6.79. The fraction of sp³-hybridized carbons (Fsp3) is 0.350. The Kier molecular flexibility index (Phi) is 5.73. The molecule has 0 aliphatic carbocycles. The zero-order valence-corrected chi connectivity index (χ0v) is 17.7. The Balaban J connectivity index is 1.50. The molecule has 2 aromatic heterocycles. The number of methoxy groups -OCH3 is 2. The zero-order chi connectivity index (χ0) is 20.4. The van der Waals surface area contributed by atoms with E-state index in [1.807, 2.05) is 12.1 Å². The van der Waals surface area contributed by atoms with E-state index in [0.717, 1.165) is 34.9 Å². The van der Waals surface area contributed by atoms with Crippen LogP contribution in [0, 0.1) is 5.92 Å². The lowest BCUT2D eigenvalue weighted by Gasteiger charge is -2.31. The third kappa shape index (κ3) is 4.09. The van der Waals surface area contributed by atoms with Gasteiger partial charge >= 0.3 is 0 Å². The van der Waals surface area contributed by atoms with Gasteiger partial charge in [-0.1, -0.05) is 22.9 Å². The number of fused-ring (bicyclic) bond motifs is 1. The molecule has 1 aliphatic heterocycles. The highest BCUT2D eigenvalue weighted by Gasteiger charge is 2.28. The van der Waals surface area contributed by atoms with Gasteiger partial charge in [-0.2, -0.15) is 0 Å². The molecule has 152 valence electrons. The number of carbonyl (C=O) groups excluding carboxylic acids is 1. The van der Waals surface area contributed by atoms with Crippen molar-refractivity contribution in [3.63, 3.8) is 0 Å². The zero-order valence-electron chi connectivity index (χ0n) is 16.1. The number of pyridine rings is 1. The molecule has 29 heavy (non-hydrogen) atoms. The summed E-state index contributed by atoms with van der Waals surface area (Å²) >= 11 is 7.77. The summed E-state index contributed by atoms with van der Waals surface area (Å²) in [5.74, 6) is 0.780. The van der Waals surface area contributed by atoms with Crippen LogP contribution >= 0.6 is 22.9 Å². The number of rotatable bonds is 5. The van der Waals surface area contributed by atoms with Gasteiger partial charge in [-0.3, -0.25) is 4.79 Å². The highest BCUT2D eigenvalue weighted by atomic mass is 35.5. The first kappa shape index (κ1) is 19.7. The molecule has 1 unspecified atom stereocenters. The van der Waals surface area contributed by atoms with Crippen molar-refractivity contribution in [1.82, 2.24) is 9.97 Å². The lowest BCUT2D eigenvalue weighted by Crippen LogP contribution is -2.40. The van der Waals surface area contributed by atoms with Crippen LogP contribution in [0.25, 0.3) is 10.3 Å². The molecule has 1 aliphatic rings. The first-order chi connectivity index (χ1) is 14.1. The summed E-state index contributed by atoms with van der Waals surface area (Å²) in [5.41, 5.74) is 1.42. The molecular formula is C20H21ClN4O3S. The van der Waals surface area contributed by atoms with Crippen LogP contribution in [0.4, 0.5) is 10.8 Å². The summed E-state index contributed by atoms with van der Waals surface area (Å²) < 4.78 is 10.6. The smallest absolute Gasteiger partial charge is 0.229 e. The quantitative estimate of drug-likeness (QED) is 0.650. The summed E-state index contributed by atoms with van der Waals surface area (Å²) in [4.78, 5) is 25.1. The first-order valence-corrected chi connectivity index (χ1v) is 10.5. The number of nitrogens with zero attached hydrogens (tertiary/aromatic N) is 3. The number of ether oxygens (including phenoxy) is 2. The van der Waals surface area contributed by atoms with Crippen molar-refractivity contribution in [2.24, 2.45) is 5.92 Å². The van der Waals surface area contributed by atoms with E-state index in [4.69, 9.17) is 21.1 Å². The minimum Gasteiger partial charge on any atom is -0.495 e. The molecule has 0 bridgehead atoms. The highest BCUT2D eigenvalue weighted by molar-refractivity contribution is 7.21. The number of halogens is 1. The van der Waals surface area contributed by atoms with Gasteiger partial charge in [0.05, 0.1) is 30.8 Å². The Hall–Kier alpha value is -2.58. The second-order valence-corrected chi connectivity index (χ2v) is 8.15. The number of aromatic nitrogens is 2. The molecule has 1 aromatic carbocycles. The molecule has 1 atom stereocenters. The molecule has 0 radical (unpaired) electrons. The Bertz CT molecular complexity index is 1010. The van der Waals surface area contributed by atoms with Gasteiger partial charge in [0.25, 0.3) is 0 Å². The molecule has 3 aromatic rings. The van der Waals surface area contributed by atoms with Crippen LogP contribution in [0.2, 0.25) is 5.02 Å². The second kappa shape index (κ2) is 8.42. The van der Waals surface area contributed by atoms with Gasteiger partial charge in [-0.25, -0.2) is 9.97 Å². The highest BCUT2D eigenvalue weighted by Crippen LogP contribution is 2.37. The van der Waals surface area contributed by atoms with E-state index in [9.17, 15) is 4.79 Å². The number of hydrogen-bond acceptors (Lipinski definition) is 7. The van der Waals surface area contributed by atoms with Crippen molar-refractivity contribution in [2.75, 3.05) is 37.5 Å². The lowest BCUT2D eigenvalue weighted by atomic mass is 9.97. The van der Waals surface area contributed by atoms with Gasteiger partial charge in [0.15, 0.2) is 5.13 Å². The number of piperidine rings is 1.